The minimum absolute atomic E-state index is 0.0598. The first-order valence-electron chi connectivity index (χ1n) is 10.4. The first-order chi connectivity index (χ1) is 15.3. The predicted molar refractivity (Wildman–Crippen MR) is 125 cm³/mol. The van der Waals surface area contributed by atoms with Crippen molar-refractivity contribution < 1.29 is 17.9 Å². The number of benzene rings is 3. The Morgan fingerprint density at radius 1 is 0.969 bits per heavy atom. The summed E-state index contributed by atoms with van der Waals surface area (Å²) in [5, 5.41) is 2.89. The first kappa shape index (κ1) is 23.5. The summed E-state index contributed by atoms with van der Waals surface area (Å²) >= 11 is 0. The summed E-state index contributed by atoms with van der Waals surface area (Å²) in [5.41, 5.74) is 4.02. The number of carbonyl (C=O) groups excluding carboxylic acids is 1. The van der Waals surface area contributed by atoms with Crippen LogP contribution in [0.15, 0.2) is 71.6 Å². The fourth-order valence-corrected chi connectivity index (χ4v) is 4.42. The number of sulfonamides is 1. The number of nitrogens with one attached hydrogen (secondary N) is 2. The fourth-order valence-electron chi connectivity index (χ4n) is 3.38. The highest BCUT2D eigenvalue weighted by atomic mass is 32.2. The van der Waals surface area contributed by atoms with Gasteiger partial charge in [-0.1, -0.05) is 54.1 Å². The monoisotopic (exact) mass is 452 g/mol. The minimum atomic E-state index is -3.76. The normalized spacial score (nSPS) is 11.2. The molecule has 0 bridgehead atoms. The quantitative estimate of drug-likeness (QED) is 0.518. The van der Waals surface area contributed by atoms with Crippen molar-refractivity contribution in [2.24, 2.45) is 0 Å². The number of hydrogen-bond acceptors (Lipinski definition) is 4. The Morgan fingerprint density at radius 3 is 2.44 bits per heavy atom. The molecule has 0 saturated heterocycles. The van der Waals surface area contributed by atoms with Gasteiger partial charge in [-0.25, -0.2) is 13.1 Å². The van der Waals surface area contributed by atoms with Crippen LogP contribution in [0.1, 0.15) is 32.6 Å². The molecule has 6 nitrogen and oxygen atoms in total. The van der Waals surface area contributed by atoms with Crippen LogP contribution < -0.4 is 14.8 Å². The number of methoxy groups -OCH3 is 1. The second-order valence-electron chi connectivity index (χ2n) is 7.61. The van der Waals surface area contributed by atoms with Crippen molar-refractivity contribution in [3.8, 4) is 5.75 Å². The fraction of sp³-hybridized carbons (Fsp3) is 0.240. The largest absolute Gasteiger partial charge is 0.496 e. The van der Waals surface area contributed by atoms with E-state index < -0.39 is 10.0 Å². The number of hydrogen-bond donors (Lipinski definition) is 2. The van der Waals surface area contributed by atoms with Gasteiger partial charge in [0.15, 0.2) is 0 Å². The minimum Gasteiger partial charge on any atom is -0.496 e. The molecule has 0 saturated carbocycles. The third-order valence-electron chi connectivity index (χ3n) is 5.19. The van der Waals surface area contributed by atoms with Crippen LogP contribution in [0.5, 0.6) is 5.75 Å². The van der Waals surface area contributed by atoms with Crippen LogP contribution in [0.3, 0.4) is 0 Å². The van der Waals surface area contributed by atoms with Gasteiger partial charge in [-0.3, -0.25) is 4.79 Å². The first-order valence-corrected chi connectivity index (χ1v) is 11.8. The van der Waals surface area contributed by atoms with E-state index in [1.54, 1.807) is 20.1 Å². The van der Waals surface area contributed by atoms with E-state index in [-0.39, 0.29) is 17.3 Å². The van der Waals surface area contributed by atoms with Gasteiger partial charge in [-0.2, -0.15) is 0 Å². The maximum atomic E-state index is 12.8. The van der Waals surface area contributed by atoms with E-state index in [4.69, 9.17) is 4.74 Å². The Labute approximate surface area is 189 Å². The second kappa shape index (κ2) is 10.4. The van der Waals surface area contributed by atoms with Gasteiger partial charge >= 0.3 is 0 Å². The molecule has 1 amide bonds. The summed E-state index contributed by atoms with van der Waals surface area (Å²) in [7, 11) is -2.14. The Hall–Kier alpha value is -3.16. The Morgan fingerprint density at radius 2 is 1.72 bits per heavy atom. The summed E-state index contributed by atoms with van der Waals surface area (Å²) in [5.74, 6) is 0.466. The van der Waals surface area contributed by atoms with Crippen molar-refractivity contribution in [3.05, 3.63) is 94.5 Å². The lowest BCUT2D eigenvalue weighted by Gasteiger charge is -2.13. The van der Waals surface area contributed by atoms with Gasteiger partial charge in [0.2, 0.25) is 10.0 Å². The number of rotatable bonds is 9. The lowest BCUT2D eigenvalue weighted by molar-refractivity contribution is 0.0953. The van der Waals surface area contributed by atoms with Gasteiger partial charge in [0.25, 0.3) is 5.91 Å². The van der Waals surface area contributed by atoms with Crippen molar-refractivity contribution in [1.29, 1.82) is 0 Å². The van der Waals surface area contributed by atoms with Crippen LogP contribution in [0.4, 0.5) is 0 Å². The van der Waals surface area contributed by atoms with Crippen LogP contribution in [0.25, 0.3) is 0 Å². The summed E-state index contributed by atoms with van der Waals surface area (Å²) < 4.78 is 33.4. The highest BCUT2D eigenvalue weighted by Gasteiger charge is 2.18. The second-order valence-corrected chi connectivity index (χ2v) is 9.38. The smallest absolute Gasteiger partial charge is 0.251 e. The van der Waals surface area contributed by atoms with Crippen LogP contribution in [-0.4, -0.2) is 28.0 Å². The van der Waals surface area contributed by atoms with E-state index in [0.29, 0.717) is 24.1 Å². The lowest BCUT2D eigenvalue weighted by atomic mass is 10.1. The molecule has 0 unspecified atom stereocenters. The molecule has 32 heavy (non-hydrogen) atoms. The lowest BCUT2D eigenvalue weighted by Crippen LogP contribution is -2.27. The summed E-state index contributed by atoms with van der Waals surface area (Å²) in [6.07, 6.45) is 0.603. The van der Waals surface area contributed by atoms with Crippen LogP contribution in [-0.2, 0) is 23.0 Å². The highest BCUT2D eigenvalue weighted by Crippen LogP contribution is 2.20. The van der Waals surface area contributed by atoms with Crippen LogP contribution >= 0.6 is 0 Å². The van der Waals surface area contributed by atoms with Gasteiger partial charge in [-0.15, -0.1) is 0 Å². The van der Waals surface area contributed by atoms with E-state index in [9.17, 15) is 13.2 Å². The van der Waals surface area contributed by atoms with Gasteiger partial charge in [-0.05, 0) is 55.2 Å². The topological polar surface area (TPSA) is 84.5 Å². The zero-order valence-electron chi connectivity index (χ0n) is 18.5. The van der Waals surface area contributed by atoms with Crippen molar-refractivity contribution >= 4 is 15.9 Å². The molecule has 0 aliphatic carbocycles. The molecule has 3 aromatic rings. The summed E-state index contributed by atoms with van der Waals surface area (Å²) in [6.45, 7) is 4.37. The summed E-state index contributed by atoms with van der Waals surface area (Å²) in [4.78, 5) is 12.8. The molecule has 0 spiro atoms. The standard InChI is InChI=1S/C25H28N2O4S/c1-18-9-12-24(31-3)21(15-18)13-14-26-25(28)23-16-22(11-10-19(23)2)32(29,30)27-17-20-7-5-4-6-8-20/h4-12,15-16,27H,13-14,17H2,1-3H3,(H,26,28). The van der Waals surface area contributed by atoms with Gasteiger partial charge < -0.3 is 10.1 Å². The maximum Gasteiger partial charge on any atom is 0.251 e. The van der Waals surface area contributed by atoms with Crippen molar-refractivity contribution in [2.45, 2.75) is 31.7 Å². The molecule has 0 aromatic heterocycles. The molecule has 0 aliphatic heterocycles. The third kappa shape index (κ3) is 5.96. The predicted octanol–water partition coefficient (Wildman–Crippen LogP) is 3.76. The zero-order chi connectivity index (χ0) is 23.1. The van der Waals surface area contributed by atoms with E-state index in [1.165, 1.54) is 12.1 Å². The van der Waals surface area contributed by atoms with E-state index >= 15 is 0 Å². The molecule has 0 heterocycles. The molecule has 3 rings (SSSR count). The van der Waals surface area contributed by atoms with Crippen LogP contribution in [0.2, 0.25) is 0 Å². The maximum absolute atomic E-state index is 12.8. The highest BCUT2D eigenvalue weighted by molar-refractivity contribution is 7.89. The van der Waals surface area contributed by atoms with E-state index in [1.807, 2.05) is 55.5 Å². The average Bonchev–Trinajstić information content (AvgIpc) is 2.78. The van der Waals surface area contributed by atoms with Gasteiger partial charge in [0, 0.05) is 18.7 Å². The number of carbonyl (C=O) groups is 1. The molecular formula is C25H28N2O4S. The van der Waals surface area contributed by atoms with E-state index in [2.05, 4.69) is 10.0 Å². The zero-order valence-corrected chi connectivity index (χ0v) is 19.3. The molecule has 3 aromatic carbocycles. The van der Waals surface area contributed by atoms with Gasteiger partial charge in [0.05, 0.1) is 12.0 Å². The molecule has 0 fully saturated rings. The van der Waals surface area contributed by atoms with E-state index in [0.717, 1.165) is 22.4 Å². The molecule has 0 aliphatic rings. The van der Waals surface area contributed by atoms with Crippen molar-refractivity contribution in [3.63, 3.8) is 0 Å². The molecule has 168 valence electrons. The SMILES string of the molecule is COc1ccc(C)cc1CCNC(=O)c1cc(S(=O)(=O)NCc2ccccc2)ccc1C. The Bertz CT molecular complexity index is 1190. The molecule has 7 heteroatoms. The van der Waals surface area contributed by atoms with Gasteiger partial charge in [0.1, 0.15) is 5.75 Å². The van der Waals surface area contributed by atoms with Crippen molar-refractivity contribution in [2.75, 3.05) is 13.7 Å². The number of amides is 1. The molecule has 0 radical (unpaired) electrons. The third-order valence-corrected chi connectivity index (χ3v) is 6.59. The Balaban J connectivity index is 1.68. The van der Waals surface area contributed by atoms with Crippen LogP contribution in [0, 0.1) is 13.8 Å². The molecular weight excluding hydrogens is 424 g/mol. The number of aryl methyl sites for hydroxylation is 2. The van der Waals surface area contributed by atoms with Crippen molar-refractivity contribution in [1.82, 2.24) is 10.0 Å². The average molecular weight is 453 g/mol. The molecule has 0 atom stereocenters. The molecule has 2 N–H and O–H groups in total. The number of ether oxygens (including phenoxy) is 1. The summed E-state index contributed by atoms with van der Waals surface area (Å²) in [6, 6.07) is 19.8. The Kier molecular flexibility index (Phi) is 7.66.